The number of rotatable bonds is 3. The normalized spacial score (nSPS) is 31.6. The van der Waals surface area contributed by atoms with Gasteiger partial charge in [0.05, 0.1) is 12.4 Å². The Kier molecular flexibility index (Phi) is 4.07. The molecule has 21 heavy (non-hydrogen) atoms. The van der Waals surface area contributed by atoms with Crippen LogP contribution in [0.25, 0.3) is 0 Å². The molecule has 1 saturated heterocycles. The van der Waals surface area contributed by atoms with E-state index in [1.807, 2.05) is 0 Å². The molecule has 0 aromatic carbocycles. The Hall–Kier alpha value is -0.920. The molecule has 1 aromatic rings. The number of aliphatic hydroxyl groups is 1. The number of aryl methyl sites for hydroxylation is 1. The largest absolute Gasteiger partial charge is 0.393 e. The third-order valence-electron chi connectivity index (χ3n) is 4.78. The second kappa shape index (κ2) is 5.70. The molecule has 3 atom stereocenters. The van der Waals surface area contributed by atoms with Gasteiger partial charge in [-0.1, -0.05) is 12.8 Å². The molecule has 118 valence electrons. The summed E-state index contributed by atoms with van der Waals surface area (Å²) < 4.78 is 28.8. The van der Waals surface area contributed by atoms with E-state index in [4.69, 9.17) is 0 Å². The van der Waals surface area contributed by atoms with Crippen molar-refractivity contribution in [1.29, 1.82) is 0 Å². The van der Waals surface area contributed by atoms with Gasteiger partial charge in [0, 0.05) is 31.7 Å². The van der Waals surface area contributed by atoms with Crippen LogP contribution in [-0.4, -0.2) is 46.1 Å². The first-order valence-corrected chi connectivity index (χ1v) is 9.12. The number of sulfonamides is 1. The smallest absolute Gasteiger partial charge is 0.262 e. The average molecular weight is 313 g/mol. The molecular weight excluding hydrogens is 290 g/mol. The highest BCUT2D eigenvalue weighted by Gasteiger charge is 2.43. The Balaban J connectivity index is 1.86. The van der Waals surface area contributed by atoms with Crippen LogP contribution in [0.5, 0.6) is 0 Å². The summed E-state index contributed by atoms with van der Waals surface area (Å²) in [5.74, 6) is 0.0692. The maximum atomic E-state index is 12.8. The van der Waals surface area contributed by atoms with E-state index in [1.54, 1.807) is 22.1 Å². The Labute approximate surface area is 125 Å². The molecule has 0 bridgehead atoms. The van der Waals surface area contributed by atoms with Gasteiger partial charge in [-0.2, -0.15) is 4.31 Å². The predicted octanol–water partition coefficient (Wildman–Crippen LogP) is 1.12. The van der Waals surface area contributed by atoms with Crippen molar-refractivity contribution >= 4 is 10.0 Å². The first kappa shape index (κ1) is 15.0. The van der Waals surface area contributed by atoms with E-state index in [1.165, 1.54) is 6.33 Å². The van der Waals surface area contributed by atoms with Gasteiger partial charge >= 0.3 is 0 Å². The fourth-order valence-electron chi connectivity index (χ4n) is 3.72. The summed E-state index contributed by atoms with van der Waals surface area (Å²) in [4.78, 5) is 4.00. The molecule has 1 aliphatic heterocycles. The van der Waals surface area contributed by atoms with Crippen molar-refractivity contribution in [2.45, 2.75) is 55.7 Å². The zero-order valence-electron chi connectivity index (χ0n) is 12.4. The predicted molar refractivity (Wildman–Crippen MR) is 78.1 cm³/mol. The van der Waals surface area contributed by atoms with Crippen LogP contribution < -0.4 is 0 Å². The number of nitrogens with zero attached hydrogens (tertiary/aromatic N) is 3. The topological polar surface area (TPSA) is 75.4 Å². The first-order valence-electron chi connectivity index (χ1n) is 7.68. The molecule has 1 aliphatic carbocycles. The lowest BCUT2D eigenvalue weighted by Crippen LogP contribution is -2.45. The fourth-order valence-corrected chi connectivity index (χ4v) is 5.43. The monoisotopic (exact) mass is 313 g/mol. The summed E-state index contributed by atoms with van der Waals surface area (Å²) in [6.45, 7) is 0.535. The number of imidazole rings is 1. The summed E-state index contributed by atoms with van der Waals surface area (Å²) >= 11 is 0. The molecule has 2 heterocycles. The van der Waals surface area contributed by atoms with Crippen molar-refractivity contribution < 1.29 is 13.5 Å². The van der Waals surface area contributed by atoms with E-state index in [0.717, 1.165) is 38.5 Å². The number of hydrogen-bond acceptors (Lipinski definition) is 4. The minimum Gasteiger partial charge on any atom is -0.393 e. The van der Waals surface area contributed by atoms with Gasteiger partial charge in [-0.3, -0.25) is 0 Å². The summed E-state index contributed by atoms with van der Waals surface area (Å²) in [5, 5.41) is 10.4. The second-order valence-corrected chi connectivity index (χ2v) is 8.06. The van der Waals surface area contributed by atoms with Crippen LogP contribution in [0.3, 0.4) is 0 Å². The van der Waals surface area contributed by atoms with Gasteiger partial charge in [-0.05, 0) is 25.7 Å². The van der Waals surface area contributed by atoms with Crippen molar-refractivity contribution in [1.82, 2.24) is 13.9 Å². The average Bonchev–Trinajstić information content (AvgIpc) is 3.08. The zero-order chi connectivity index (χ0) is 15.0. The molecule has 3 unspecified atom stereocenters. The SMILES string of the molecule is Cn1cnc(S(=O)(=O)N2CCCC2C2CCCCC2O)c1. The first-order chi connectivity index (χ1) is 10.00. The standard InChI is InChI=1S/C14H23N3O3S/c1-16-9-14(15-10-16)21(19,20)17-8-4-6-12(17)11-5-2-3-7-13(11)18/h9-13,18H,2-8H2,1H3. The van der Waals surface area contributed by atoms with Gasteiger partial charge in [-0.15, -0.1) is 0 Å². The van der Waals surface area contributed by atoms with Crippen LogP contribution >= 0.6 is 0 Å². The Morgan fingerprint density at radius 2 is 2.00 bits per heavy atom. The summed E-state index contributed by atoms with van der Waals surface area (Å²) in [6.07, 6.45) is 8.21. The third kappa shape index (κ3) is 2.74. The highest BCUT2D eigenvalue weighted by molar-refractivity contribution is 7.89. The van der Waals surface area contributed by atoms with E-state index in [-0.39, 0.29) is 23.1 Å². The molecule has 1 aromatic heterocycles. The Morgan fingerprint density at radius 1 is 1.24 bits per heavy atom. The van der Waals surface area contributed by atoms with Crippen LogP contribution in [0.1, 0.15) is 38.5 Å². The molecule has 1 saturated carbocycles. The molecule has 0 amide bonds. The van der Waals surface area contributed by atoms with Crippen molar-refractivity contribution in [2.75, 3.05) is 6.54 Å². The Bertz CT molecular complexity index is 598. The Morgan fingerprint density at radius 3 is 2.67 bits per heavy atom. The molecule has 6 nitrogen and oxygen atoms in total. The lowest BCUT2D eigenvalue weighted by atomic mass is 9.81. The molecule has 7 heteroatoms. The van der Waals surface area contributed by atoms with Crippen molar-refractivity contribution in [3.63, 3.8) is 0 Å². The zero-order valence-corrected chi connectivity index (χ0v) is 13.2. The maximum Gasteiger partial charge on any atom is 0.262 e. The number of aliphatic hydroxyl groups excluding tert-OH is 1. The quantitative estimate of drug-likeness (QED) is 0.907. The molecule has 0 radical (unpaired) electrons. The fraction of sp³-hybridized carbons (Fsp3) is 0.786. The molecule has 2 fully saturated rings. The van der Waals surface area contributed by atoms with Gasteiger partial charge in [0.2, 0.25) is 0 Å². The van der Waals surface area contributed by atoms with Crippen LogP contribution in [0, 0.1) is 5.92 Å². The van der Waals surface area contributed by atoms with Gasteiger partial charge in [-0.25, -0.2) is 13.4 Å². The summed E-state index contributed by atoms with van der Waals surface area (Å²) in [6, 6.07) is -0.0766. The highest BCUT2D eigenvalue weighted by atomic mass is 32.2. The molecule has 1 N–H and O–H groups in total. The van der Waals surface area contributed by atoms with Gasteiger partial charge in [0.15, 0.2) is 5.03 Å². The molecule has 2 aliphatic rings. The van der Waals surface area contributed by atoms with Gasteiger partial charge in [0.1, 0.15) is 0 Å². The van der Waals surface area contributed by atoms with E-state index in [9.17, 15) is 13.5 Å². The minimum absolute atomic E-state index is 0.0692. The van der Waals surface area contributed by atoms with E-state index < -0.39 is 10.0 Å². The van der Waals surface area contributed by atoms with Crippen LogP contribution in [0.2, 0.25) is 0 Å². The highest BCUT2D eigenvalue weighted by Crippen LogP contribution is 2.37. The van der Waals surface area contributed by atoms with Gasteiger partial charge < -0.3 is 9.67 Å². The number of hydrogen-bond donors (Lipinski definition) is 1. The van der Waals surface area contributed by atoms with Gasteiger partial charge in [0.25, 0.3) is 10.0 Å². The van der Waals surface area contributed by atoms with E-state index >= 15 is 0 Å². The molecular formula is C14H23N3O3S. The maximum absolute atomic E-state index is 12.8. The van der Waals surface area contributed by atoms with Crippen LogP contribution in [0.4, 0.5) is 0 Å². The van der Waals surface area contributed by atoms with E-state index in [0.29, 0.717) is 6.54 Å². The lowest BCUT2D eigenvalue weighted by Gasteiger charge is -2.36. The van der Waals surface area contributed by atoms with E-state index in [2.05, 4.69) is 4.98 Å². The molecule has 3 rings (SSSR count). The summed E-state index contributed by atoms with van der Waals surface area (Å²) in [7, 11) is -1.79. The minimum atomic E-state index is -3.55. The van der Waals surface area contributed by atoms with Crippen LogP contribution in [-0.2, 0) is 17.1 Å². The third-order valence-corrected chi connectivity index (χ3v) is 6.59. The van der Waals surface area contributed by atoms with Crippen molar-refractivity contribution in [2.24, 2.45) is 13.0 Å². The summed E-state index contributed by atoms with van der Waals surface area (Å²) in [5.41, 5.74) is 0. The van der Waals surface area contributed by atoms with Crippen LogP contribution in [0.15, 0.2) is 17.6 Å². The van der Waals surface area contributed by atoms with Crippen molar-refractivity contribution in [3.05, 3.63) is 12.5 Å². The molecule has 0 spiro atoms. The second-order valence-electron chi connectivity index (χ2n) is 6.22. The van der Waals surface area contributed by atoms with Crippen molar-refractivity contribution in [3.8, 4) is 0 Å². The number of aromatic nitrogens is 2. The lowest BCUT2D eigenvalue weighted by molar-refractivity contribution is 0.0386.